The Balaban J connectivity index is 1.57. The molecule has 13 heteroatoms. The van der Waals surface area contributed by atoms with Crippen molar-refractivity contribution in [2.24, 2.45) is 5.10 Å². The molecule has 4 aromatic rings. The Kier molecular flexibility index (Phi) is 5.66. The van der Waals surface area contributed by atoms with E-state index in [0.29, 0.717) is 18.1 Å². The molecule has 160 valence electrons. The summed E-state index contributed by atoms with van der Waals surface area (Å²) in [5, 5.41) is 19.3. The fraction of sp³-hybridized carbons (Fsp3) is 0.278. The van der Waals surface area contributed by atoms with Gasteiger partial charge in [0.05, 0.1) is 22.9 Å². The van der Waals surface area contributed by atoms with Gasteiger partial charge in [-0.2, -0.15) is 9.78 Å². The topological polar surface area (TPSA) is 169 Å². The van der Waals surface area contributed by atoms with E-state index in [2.05, 4.69) is 50.6 Å². The Morgan fingerprint density at radius 3 is 2.84 bits per heavy atom. The summed E-state index contributed by atoms with van der Waals surface area (Å²) in [7, 11) is 0. The molecule has 3 heterocycles. The van der Waals surface area contributed by atoms with Crippen LogP contribution in [0, 0.1) is 0 Å². The van der Waals surface area contributed by atoms with Gasteiger partial charge >= 0.3 is 0 Å². The number of rotatable bonds is 8. The third kappa shape index (κ3) is 4.11. The number of carbonyl (C=O) groups excluding carboxylic acids is 1. The number of fused-ring (bicyclic) bond motifs is 1. The number of amides is 1. The van der Waals surface area contributed by atoms with Crippen LogP contribution in [0.4, 0.5) is 5.82 Å². The Labute approximate surface area is 176 Å². The molecule has 1 aromatic carbocycles. The molecule has 0 saturated heterocycles. The molecule has 4 rings (SSSR count). The van der Waals surface area contributed by atoms with Gasteiger partial charge in [-0.1, -0.05) is 31.2 Å². The molecule has 0 fully saturated rings. The number of H-pyrrole nitrogens is 1. The molecular weight excluding hydrogens is 402 g/mol. The molecule has 0 unspecified atom stereocenters. The summed E-state index contributed by atoms with van der Waals surface area (Å²) in [6, 6.07) is 7.58. The van der Waals surface area contributed by atoms with Gasteiger partial charge in [-0.05, 0) is 35.5 Å². The van der Waals surface area contributed by atoms with Crippen molar-refractivity contribution >= 4 is 29.0 Å². The van der Waals surface area contributed by atoms with Gasteiger partial charge in [-0.25, -0.2) is 15.0 Å². The second-order valence-electron chi connectivity index (χ2n) is 6.57. The van der Waals surface area contributed by atoms with Crippen LogP contribution >= 0.6 is 0 Å². The highest BCUT2D eigenvalue weighted by atomic mass is 16.6. The molecule has 4 N–H and O–H groups in total. The van der Waals surface area contributed by atoms with E-state index in [1.165, 1.54) is 10.9 Å². The molecular formula is C18H21N11O2. The molecule has 0 aliphatic heterocycles. The number of hydrazone groups is 1. The van der Waals surface area contributed by atoms with E-state index in [9.17, 15) is 4.79 Å². The largest absolute Gasteiger partial charge is 0.378 e. The number of hydrogen-bond acceptors (Lipinski definition) is 10. The number of nitrogen functional groups attached to an aromatic ring is 1. The van der Waals surface area contributed by atoms with Crippen LogP contribution in [0.2, 0.25) is 0 Å². The lowest BCUT2D eigenvalue weighted by molar-refractivity contribution is 0.0948. The van der Waals surface area contributed by atoms with Gasteiger partial charge in [-0.15, -0.1) is 5.10 Å². The molecule has 0 aliphatic rings. The van der Waals surface area contributed by atoms with Crippen molar-refractivity contribution in [3.8, 4) is 5.82 Å². The minimum absolute atomic E-state index is 0.0422. The van der Waals surface area contributed by atoms with E-state index >= 15 is 0 Å². The number of hydrogen-bond donors (Lipinski definition) is 3. The molecule has 0 spiro atoms. The van der Waals surface area contributed by atoms with Crippen LogP contribution in [0.5, 0.6) is 0 Å². The number of nitrogens with two attached hydrogens (primary N) is 1. The zero-order valence-corrected chi connectivity index (χ0v) is 17.0. The molecule has 31 heavy (non-hydrogen) atoms. The van der Waals surface area contributed by atoms with Crippen molar-refractivity contribution in [2.45, 2.75) is 20.4 Å². The third-order valence-corrected chi connectivity index (χ3v) is 4.70. The van der Waals surface area contributed by atoms with Crippen LogP contribution in [0.1, 0.15) is 35.9 Å². The predicted molar refractivity (Wildman–Crippen MR) is 111 cm³/mol. The fourth-order valence-electron chi connectivity index (χ4n) is 3.03. The van der Waals surface area contributed by atoms with Gasteiger partial charge in [0, 0.05) is 6.54 Å². The Bertz CT molecular complexity index is 1190. The van der Waals surface area contributed by atoms with Crippen LogP contribution in [-0.4, -0.2) is 65.4 Å². The maximum absolute atomic E-state index is 12.8. The first kappa shape index (κ1) is 20.2. The van der Waals surface area contributed by atoms with Crippen molar-refractivity contribution in [3.63, 3.8) is 0 Å². The van der Waals surface area contributed by atoms with Crippen LogP contribution in [-0.2, 0) is 6.54 Å². The fourth-order valence-corrected chi connectivity index (χ4v) is 3.03. The van der Waals surface area contributed by atoms with Crippen molar-refractivity contribution in [3.05, 3.63) is 41.5 Å². The molecule has 0 bridgehead atoms. The minimum Gasteiger partial charge on any atom is -0.378 e. The number of anilines is 1. The lowest BCUT2D eigenvalue weighted by atomic mass is 10.2. The minimum atomic E-state index is -0.532. The average molecular weight is 423 g/mol. The van der Waals surface area contributed by atoms with Crippen molar-refractivity contribution in [2.75, 3.05) is 18.8 Å². The molecule has 0 aliphatic carbocycles. The Morgan fingerprint density at radius 2 is 2.13 bits per heavy atom. The van der Waals surface area contributed by atoms with Gasteiger partial charge in [0.15, 0.2) is 11.5 Å². The zero-order chi connectivity index (χ0) is 21.8. The number of nitrogens with zero attached hydrogens (tertiary/aromatic N) is 8. The molecule has 0 radical (unpaired) electrons. The summed E-state index contributed by atoms with van der Waals surface area (Å²) < 4.78 is 6.01. The number of aromatic amines is 1. The highest BCUT2D eigenvalue weighted by molar-refractivity contribution is 5.94. The number of aromatic nitrogens is 7. The monoisotopic (exact) mass is 423 g/mol. The third-order valence-electron chi connectivity index (χ3n) is 4.70. The summed E-state index contributed by atoms with van der Waals surface area (Å²) >= 11 is 0. The molecule has 13 nitrogen and oxygen atoms in total. The van der Waals surface area contributed by atoms with E-state index in [1.54, 1.807) is 0 Å². The van der Waals surface area contributed by atoms with Crippen LogP contribution < -0.4 is 11.2 Å². The summed E-state index contributed by atoms with van der Waals surface area (Å²) in [4.78, 5) is 22.3. The van der Waals surface area contributed by atoms with Gasteiger partial charge in [0.2, 0.25) is 11.6 Å². The van der Waals surface area contributed by atoms with E-state index in [4.69, 9.17) is 5.73 Å². The van der Waals surface area contributed by atoms with Crippen molar-refractivity contribution in [1.29, 1.82) is 0 Å². The zero-order valence-electron chi connectivity index (χ0n) is 17.0. The van der Waals surface area contributed by atoms with Crippen LogP contribution in [0.25, 0.3) is 16.9 Å². The SMILES string of the molecule is CCN(CC)Cc1c(C(=O)N/N=C\c2nc3ccccc3[nH]2)nnn1-c1nonc1N. The summed E-state index contributed by atoms with van der Waals surface area (Å²) in [5.74, 6) is 0.186. The lowest BCUT2D eigenvalue weighted by Gasteiger charge is -2.18. The molecule has 0 atom stereocenters. The quantitative estimate of drug-likeness (QED) is 0.273. The van der Waals surface area contributed by atoms with Gasteiger partial charge in [0.1, 0.15) is 0 Å². The van der Waals surface area contributed by atoms with Gasteiger partial charge in [0.25, 0.3) is 5.91 Å². The average Bonchev–Trinajstić information content (AvgIpc) is 3.49. The second-order valence-corrected chi connectivity index (χ2v) is 6.57. The Hall–Kier alpha value is -4.13. The predicted octanol–water partition coefficient (Wildman–Crippen LogP) is 0.715. The first-order valence-corrected chi connectivity index (χ1v) is 9.64. The first-order valence-electron chi connectivity index (χ1n) is 9.64. The van der Waals surface area contributed by atoms with E-state index in [0.717, 1.165) is 24.1 Å². The molecule has 1 amide bonds. The van der Waals surface area contributed by atoms with E-state index < -0.39 is 5.91 Å². The summed E-state index contributed by atoms with van der Waals surface area (Å²) in [5.41, 5.74) is 10.5. The summed E-state index contributed by atoms with van der Waals surface area (Å²) in [6.07, 6.45) is 1.42. The second kappa shape index (κ2) is 8.71. The van der Waals surface area contributed by atoms with E-state index in [1.807, 2.05) is 38.1 Å². The molecule has 3 aromatic heterocycles. The van der Waals surface area contributed by atoms with Crippen LogP contribution in [0.3, 0.4) is 0 Å². The molecule has 0 saturated carbocycles. The first-order chi connectivity index (χ1) is 15.1. The standard InChI is InChI=1S/C18H21N11O2/c1-3-28(4-2)10-13-15(23-27-29(13)17-16(19)25-31-26-17)18(30)24-20-9-14-21-11-7-5-6-8-12(11)22-14/h5-9H,3-4,10H2,1-2H3,(H2,19,25)(H,21,22)(H,24,30)/b20-9-. The van der Waals surface area contributed by atoms with Crippen molar-refractivity contribution < 1.29 is 9.42 Å². The Morgan fingerprint density at radius 1 is 1.32 bits per heavy atom. The number of para-hydroxylation sites is 2. The van der Waals surface area contributed by atoms with E-state index in [-0.39, 0.29) is 17.3 Å². The maximum Gasteiger partial charge on any atom is 0.293 e. The smallest absolute Gasteiger partial charge is 0.293 e. The normalized spacial score (nSPS) is 11.7. The van der Waals surface area contributed by atoms with Gasteiger partial charge < -0.3 is 10.7 Å². The van der Waals surface area contributed by atoms with Gasteiger partial charge in [-0.3, -0.25) is 9.69 Å². The van der Waals surface area contributed by atoms with Crippen LogP contribution in [0.15, 0.2) is 34.0 Å². The summed E-state index contributed by atoms with van der Waals surface area (Å²) in [6.45, 7) is 5.95. The highest BCUT2D eigenvalue weighted by Crippen LogP contribution is 2.17. The lowest BCUT2D eigenvalue weighted by Crippen LogP contribution is -2.27. The number of nitrogens with one attached hydrogen (secondary N) is 2. The number of benzene rings is 1. The number of carbonyl (C=O) groups is 1. The number of imidazole rings is 1. The van der Waals surface area contributed by atoms with Crippen molar-refractivity contribution in [1.82, 2.24) is 45.6 Å². The maximum atomic E-state index is 12.8. The highest BCUT2D eigenvalue weighted by Gasteiger charge is 2.24.